The van der Waals surface area contributed by atoms with Gasteiger partial charge < -0.3 is 14.4 Å². The Balaban J connectivity index is 1.95. The Kier molecular flexibility index (Phi) is 3.41. The molecule has 1 aliphatic carbocycles. The van der Waals surface area contributed by atoms with E-state index >= 15 is 0 Å². The summed E-state index contributed by atoms with van der Waals surface area (Å²) in [6, 6.07) is 3.47. The summed E-state index contributed by atoms with van der Waals surface area (Å²) in [6.45, 7) is 4.50. The molecule has 1 aromatic heterocycles. The van der Waals surface area contributed by atoms with Crippen LogP contribution in [0.5, 0.6) is 11.5 Å². The number of aromatic hydroxyl groups is 1. The van der Waals surface area contributed by atoms with Crippen LogP contribution in [-0.4, -0.2) is 21.9 Å². The average Bonchev–Trinajstić information content (AvgIpc) is 2.96. The van der Waals surface area contributed by atoms with Crippen LogP contribution in [0.3, 0.4) is 0 Å². The standard InChI is InChI=1S/C14H15BrN2O3/c1-3-19-11-6-8(5-10(15)12(11)18)13-16-14(20-17-13)9-4-7(9)2/h5-7,9,18H,3-4H2,1-2H3. The fraction of sp³-hybridized carbons (Fsp3) is 0.429. The summed E-state index contributed by atoms with van der Waals surface area (Å²) in [5.41, 5.74) is 0.751. The van der Waals surface area contributed by atoms with Crippen molar-refractivity contribution in [3.05, 3.63) is 22.5 Å². The Hall–Kier alpha value is -1.56. The molecule has 1 N–H and O–H groups in total. The van der Waals surface area contributed by atoms with Gasteiger partial charge in [-0.2, -0.15) is 4.98 Å². The maximum atomic E-state index is 9.90. The van der Waals surface area contributed by atoms with Gasteiger partial charge in [-0.3, -0.25) is 0 Å². The van der Waals surface area contributed by atoms with Crippen LogP contribution < -0.4 is 4.74 Å². The van der Waals surface area contributed by atoms with Crippen LogP contribution >= 0.6 is 15.9 Å². The molecule has 3 rings (SSSR count). The monoisotopic (exact) mass is 338 g/mol. The molecule has 1 aliphatic rings. The molecule has 20 heavy (non-hydrogen) atoms. The van der Waals surface area contributed by atoms with Gasteiger partial charge in [-0.15, -0.1) is 0 Å². The fourth-order valence-corrected chi connectivity index (χ4v) is 2.58. The van der Waals surface area contributed by atoms with Crippen molar-refractivity contribution in [2.24, 2.45) is 5.92 Å². The van der Waals surface area contributed by atoms with Crippen LogP contribution in [0.15, 0.2) is 21.1 Å². The van der Waals surface area contributed by atoms with E-state index in [0.29, 0.717) is 40.4 Å². The van der Waals surface area contributed by atoms with Gasteiger partial charge in [0.05, 0.1) is 11.1 Å². The van der Waals surface area contributed by atoms with E-state index in [2.05, 4.69) is 33.0 Å². The Morgan fingerprint density at radius 1 is 1.50 bits per heavy atom. The van der Waals surface area contributed by atoms with Crippen LogP contribution in [0.4, 0.5) is 0 Å². The first-order valence-electron chi connectivity index (χ1n) is 6.59. The van der Waals surface area contributed by atoms with Gasteiger partial charge >= 0.3 is 0 Å². The number of nitrogens with zero attached hydrogens (tertiary/aromatic N) is 2. The number of halogens is 1. The lowest BCUT2D eigenvalue weighted by Crippen LogP contribution is -1.93. The molecule has 0 aliphatic heterocycles. The summed E-state index contributed by atoms with van der Waals surface area (Å²) in [4.78, 5) is 4.43. The van der Waals surface area contributed by atoms with Crippen LogP contribution in [0.2, 0.25) is 0 Å². The number of hydrogen-bond acceptors (Lipinski definition) is 5. The molecule has 1 aromatic carbocycles. The number of benzene rings is 1. The van der Waals surface area contributed by atoms with E-state index in [9.17, 15) is 5.11 Å². The van der Waals surface area contributed by atoms with E-state index in [1.807, 2.05) is 6.92 Å². The van der Waals surface area contributed by atoms with Crippen molar-refractivity contribution in [2.75, 3.05) is 6.61 Å². The van der Waals surface area contributed by atoms with E-state index in [4.69, 9.17) is 9.26 Å². The number of hydrogen-bond donors (Lipinski definition) is 1. The van der Waals surface area contributed by atoms with Crippen LogP contribution in [0.25, 0.3) is 11.4 Å². The maximum Gasteiger partial charge on any atom is 0.230 e. The maximum absolute atomic E-state index is 9.90. The van der Waals surface area contributed by atoms with E-state index in [1.54, 1.807) is 12.1 Å². The lowest BCUT2D eigenvalue weighted by atomic mass is 10.2. The van der Waals surface area contributed by atoms with Gasteiger partial charge in [-0.25, -0.2) is 0 Å². The highest BCUT2D eigenvalue weighted by molar-refractivity contribution is 9.10. The first kappa shape index (κ1) is 13.4. The van der Waals surface area contributed by atoms with Crippen LogP contribution in [0.1, 0.15) is 32.1 Å². The smallest absolute Gasteiger partial charge is 0.230 e. The minimum atomic E-state index is 0.0788. The van der Waals surface area contributed by atoms with E-state index in [-0.39, 0.29) is 5.75 Å². The molecular formula is C14H15BrN2O3. The summed E-state index contributed by atoms with van der Waals surface area (Å²) < 4.78 is 11.2. The van der Waals surface area contributed by atoms with Gasteiger partial charge in [-0.1, -0.05) is 12.1 Å². The van der Waals surface area contributed by atoms with E-state index in [0.717, 1.165) is 12.0 Å². The largest absolute Gasteiger partial charge is 0.503 e. The second-order valence-corrected chi connectivity index (χ2v) is 5.87. The van der Waals surface area contributed by atoms with Gasteiger partial charge in [-0.05, 0) is 47.3 Å². The molecule has 0 amide bonds. The summed E-state index contributed by atoms with van der Waals surface area (Å²) in [5.74, 6) is 2.70. The minimum absolute atomic E-state index is 0.0788. The first-order chi connectivity index (χ1) is 9.60. The summed E-state index contributed by atoms with van der Waals surface area (Å²) in [7, 11) is 0. The Morgan fingerprint density at radius 2 is 2.25 bits per heavy atom. The molecule has 2 aromatic rings. The molecular weight excluding hydrogens is 324 g/mol. The van der Waals surface area contributed by atoms with Crippen molar-refractivity contribution in [3.8, 4) is 22.9 Å². The summed E-state index contributed by atoms with van der Waals surface area (Å²) in [6.07, 6.45) is 1.10. The van der Waals surface area contributed by atoms with Crippen LogP contribution in [-0.2, 0) is 0 Å². The topological polar surface area (TPSA) is 68.4 Å². The third kappa shape index (κ3) is 2.40. The molecule has 6 heteroatoms. The molecule has 0 saturated heterocycles. The van der Waals surface area contributed by atoms with E-state index in [1.165, 1.54) is 0 Å². The number of phenolic OH excluding ortho intramolecular Hbond substituents is 1. The lowest BCUT2D eigenvalue weighted by Gasteiger charge is -2.08. The minimum Gasteiger partial charge on any atom is -0.503 e. The van der Waals surface area contributed by atoms with Gasteiger partial charge in [0.1, 0.15) is 0 Å². The molecule has 5 nitrogen and oxygen atoms in total. The molecule has 1 saturated carbocycles. The summed E-state index contributed by atoms with van der Waals surface area (Å²) >= 11 is 3.31. The summed E-state index contributed by atoms with van der Waals surface area (Å²) in [5, 5.41) is 13.9. The molecule has 2 unspecified atom stereocenters. The Morgan fingerprint density at radius 3 is 2.90 bits per heavy atom. The molecule has 106 valence electrons. The normalized spacial score (nSPS) is 20.9. The van der Waals surface area contributed by atoms with Gasteiger partial charge in [0.2, 0.25) is 11.7 Å². The lowest BCUT2D eigenvalue weighted by molar-refractivity contribution is 0.317. The molecule has 1 heterocycles. The highest BCUT2D eigenvalue weighted by atomic mass is 79.9. The Bertz CT molecular complexity index is 641. The van der Waals surface area contributed by atoms with Gasteiger partial charge in [0, 0.05) is 11.5 Å². The molecule has 2 atom stereocenters. The van der Waals surface area contributed by atoms with Crippen molar-refractivity contribution in [2.45, 2.75) is 26.2 Å². The molecule has 1 fully saturated rings. The Labute approximate surface area is 125 Å². The zero-order chi connectivity index (χ0) is 14.3. The number of rotatable bonds is 4. The van der Waals surface area contributed by atoms with Crippen LogP contribution in [0, 0.1) is 5.92 Å². The number of ether oxygens (including phenoxy) is 1. The zero-order valence-electron chi connectivity index (χ0n) is 11.3. The quantitative estimate of drug-likeness (QED) is 0.919. The third-order valence-electron chi connectivity index (χ3n) is 3.45. The highest BCUT2D eigenvalue weighted by Gasteiger charge is 2.39. The van der Waals surface area contributed by atoms with E-state index < -0.39 is 0 Å². The number of aromatic nitrogens is 2. The number of phenols is 1. The highest BCUT2D eigenvalue weighted by Crippen LogP contribution is 2.46. The van der Waals surface area contributed by atoms with Gasteiger partial charge in [0.25, 0.3) is 0 Å². The van der Waals surface area contributed by atoms with Gasteiger partial charge in [0.15, 0.2) is 11.5 Å². The predicted molar refractivity (Wildman–Crippen MR) is 76.8 cm³/mol. The zero-order valence-corrected chi connectivity index (χ0v) is 12.8. The van der Waals surface area contributed by atoms with Crippen molar-refractivity contribution in [1.29, 1.82) is 0 Å². The average molecular weight is 339 g/mol. The molecule has 0 spiro atoms. The van der Waals surface area contributed by atoms with Crippen molar-refractivity contribution in [3.63, 3.8) is 0 Å². The molecule has 0 bridgehead atoms. The fourth-order valence-electron chi connectivity index (χ4n) is 2.14. The predicted octanol–water partition coefficient (Wildman–Crippen LogP) is 3.73. The third-order valence-corrected chi connectivity index (χ3v) is 4.06. The first-order valence-corrected chi connectivity index (χ1v) is 7.38. The second kappa shape index (κ2) is 5.09. The molecule has 0 radical (unpaired) electrons. The van der Waals surface area contributed by atoms with Crippen molar-refractivity contribution < 1.29 is 14.4 Å². The SMILES string of the molecule is CCOc1cc(-c2noc(C3CC3C)n2)cc(Br)c1O. The second-order valence-electron chi connectivity index (χ2n) is 5.01. The van der Waals surface area contributed by atoms with Crippen molar-refractivity contribution in [1.82, 2.24) is 10.1 Å². The van der Waals surface area contributed by atoms with Crippen molar-refractivity contribution >= 4 is 15.9 Å².